The lowest BCUT2D eigenvalue weighted by Gasteiger charge is -2.30. The van der Waals surface area contributed by atoms with E-state index in [9.17, 15) is 9.18 Å². The van der Waals surface area contributed by atoms with Gasteiger partial charge in [0.15, 0.2) is 11.6 Å². The van der Waals surface area contributed by atoms with E-state index in [0.717, 1.165) is 48.6 Å². The summed E-state index contributed by atoms with van der Waals surface area (Å²) < 4.78 is 14.7. The molecule has 4 rings (SSSR count). The average Bonchev–Trinajstić information content (AvgIpc) is 2.79. The van der Waals surface area contributed by atoms with Crippen LogP contribution in [0.25, 0.3) is 11.1 Å². The Hall–Kier alpha value is -3.52. The highest BCUT2D eigenvalue weighted by molar-refractivity contribution is 5.98. The number of carbonyl (C=O) groups is 1. The third-order valence-corrected chi connectivity index (χ3v) is 5.82. The molecule has 6 N–H and O–H groups in total. The van der Waals surface area contributed by atoms with E-state index >= 15 is 0 Å². The number of nitrogens with two attached hydrogens (primary N) is 2. The molecule has 0 saturated heterocycles. The van der Waals surface area contributed by atoms with Crippen molar-refractivity contribution < 1.29 is 9.18 Å². The first kappa shape index (κ1) is 21.7. The van der Waals surface area contributed by atoms with Crippen molar-refractivity contribution in [3.05, 3.63) is 65.7 Å². The first-order valence-corrected chi connectivity index (χ1v) is 10.7. The van der Waals surface area contributed by atoms with E-state index in [-0.39, 0.29) is 29.3 Å². The van der Waals surface area contributed by atoms with Crippen LogP contribution in [0.15, 0.2) is 48.7 Å². The topological polar surface area (TPSA) is 119 Å². The number of nitrogens with zero attached hydrogens (tertiary/aromatic N) is 2. The predicted octanol–water partition coefficient (Wildman–Crippen LogP) is 4.12. The van der Waals surface area contributed by atoms with Gasteiger partial charge in [0.05, 0.1) is 17.4 Å². The molecule has 1 aromatic carbocycles. The number of amides is 1. The Morgan fingerprint density at radius 3 is 2.59 bits per heavy atom. The Morgan fingerprint density at radius 2 is 1.88 bits per heavy atom. The summed E-state index contributed by atoms with van der Waals surface area (Å²) >= 11 is 0. The normalized spacial score (nSPS) is 18.2. The molecule has 1 saturated carbocycles. The van der Waals surface area contributed by atoms with Crippen LogP contribution in [-0.2, 0) is 0 Å². The molecule has 1 amide bonds. The highest BCUT2D eigenvalue weighted by atomic mass is 19.1. The molecule has 0 radical (unpaired) electrons. The van der Waals surface area contributed by atoms with Crippen molar-refractivity contribution in [2.75, 3.05) is 10.6 Å². The van der Waals surface area contributed by atoms with Crippen LogP contribution < -0.4 is 22.1 Å². The van der Waals surface area contributed by atoms with Gasteiger partial charge in [0, 0.05) is 23.3 Å². The summed E-state index contributed by atoms with van der Waals surface area (Å²) in [5.41, 5.74) is 15.1. The third kappa shape index (κ3) is 4.70. The van der Waals surface area contributed by atoms with E-state index in [1.54, 1.807) is 6.20 Å². The summed E-state index contributed by atoms with van der Waals surface area (Å²) in [5.74, 6) is -1.21. The maximum Gasteiger partial charge on any atom is 0.252 e. The fourth-order valence-corrected chi connectivity index (χ4v) is 4.04. The van der Waals surface area contributed by atoms with E-state index in [1.807, 2.05) is 43.3 Å². The maximum atomic E-state index is 14.7. The first-order chi connectivity index (χ1) is 15.4. The van der Waals surface area contributed by atoms with Gasteiger partial charge in [-0.3, -0.25) is 9.78 Å². The van der Waals surface area contributed by atoms with Gasteiger partial charge in [-0.25, -0.2) is 9.37 Å². The third-order valence-electron chi connectivity index (χ3n) is 5.82. The molecule has 0 bridgehead atoms. The molecular weight excluding hydrogens is 407 g/mol. The van der Waals surface area contributed by atoms with Gasteiger partial charge in [-0.05, 0) is 37.5 Å². The predicted molar refractivity (Wildman–Crippen MR) is 124 cm³/mol. The summed E-state index contributed by atoms with van der Waals surface area (Å²) in [6, 6.07) is 12.7. The molecule has 1 fully saturated rings. The van der Waals surface area contributed by atoms with Gasteiger partial charge in [0.25, 0.3) is 5.91 Å². The molecule has 1 aliphatic carbocycles. The lowest BCUT2D eigenvalue weighted by atomic mass is 9.91. The molecule has 2 atom stereocenters. The SMILES string of the molecule is Cc1ncc(Nc2nc(NC3CCCC[C@@H]3N)c(F)cc2C(N)=O)cc1-c1ccccc1. The van der Waals surface area contributed by atoms with E-state index < -0.39 is 11.7 Å². The zero-order valence-electron chi connectivity index (χ0n) is 17.9. The van der Waals surface area contributed by atoms with E-state index in [2.05, 4.69) is 20.6 Å². The van der Waals surface area contributed by atoms with Crippen molar-refractivity contribution in [1.29, 1.82) is 0 Å². The van der Waals surface area contributed by atoms with Gasteiger partial charge in [0.2, 0.25) is 0 Å². The van der Waals surface area contributed by atoms with Gasteiger partial charge < -0.3 is 22.1 Å². The minimum Gasteiger partial charge on any atom is -0.365 e. The fourth-order valence-electron chi connectivity index (χ4n) is 4.04. The van der Waals surface area contributed by atoms with Crippen molar-refractivity contribution in [1.82, 2.24) is 9.97 Å². The number of aryl methyl sites for hydroxylation is 1. The Balaban J connectivity index is 1.67. The molecule has 8 heteroatoms. The first-order valence-electron chi connectivity index (χ1n) is 10.7. The lowest BCUT2D eigenvalue weighted by molar-refractivity contribution is 0.100. The van der Waals surface area contributed by atoms with Crippen LogP contribution in [0.3, 0.4) is 0 Å². The van der Waals surface area contributed by atoms with Crippen LogP contribution in [0.1, 0.15) is 41.7 Å². The summed E-state index contributed by atoms with van der Waals surface area (Å²) in [7, 11) is 0. The summed E-state index contributed by atoms with van der Waals surface area (Å²) in [6.07, 6.45) is 5.44. The van der Waals surface area contributed by atoms with E-state index in [0.29, 0.717) is 5.69 Å². The minimum absolute atomic E-state index is 0.0390. The Morgan fingerprint density at radius 1 is 1.12 bits per heavy atom. The molecule has 2 aromatic heterocycles. The maximum absolute atomic E-state index is 14.7. The van der Waals surface area contributed by atoms with Gasteiger partial charge in [-0.15, -0.1) is 0 Å². The standard InChI is InChI=1S/C24H27FN6O/c1-14-17(15-7-3-2-4-8-15)11-16(13-28-14)29-23-18(22(27)32)12-19(25)24(31-23)30-21-10-6-5-9-20(21)26/h2-4,7-8,11-13,20-21H,5-6,9-10,26H2,1H3,(H2,27,32)(H2,29,30,31)/t20-,21?/m0/s1. The summed E-state index contributed by atoms with van der Waals surface area (Å²) in [5, 5.41) is 6.21. The molecule has 32 heavy (non-hydrogen) atoms. The molecule has 1 aliphatic rings. The summed E-state index contributed by atoms with van der Waals surface area (Å²) in [4.78, 5) is 20.8. The molecule has 0 spiro atoms. The number of hydrogen-bond donors (Lipinski definition) is 4. The zero-order chi connectivity index (χ0) is 22.7. The van der Waals surface area contributed by atoms with Gasteiger partial charge in [0.1, 0.15) is 5.82 Å². The number of carbonyl (C=O) groups excluding carboxylic acids is 1. The molecule has 7 nitrogen and oxygen atoms in total. The van der Waals surface area contributed by atoms with Crippen LogP contribution in [0.5, 0.6) is 0 Å². The number of anilines is 3. The second kappa shape index (κ2) is 9.32. The molecule has 166 valence electrons. The number of benzene rings is 1. The van der Waals surface area contributed by atoms with Crippen LogP contribution in [0, 0.1) is 12.7 Å². The van der Waals surface area contributed by atoms with Crippen molar-refractivity contribution in [2.24, 2.45) is 11.5 Å². The number of nitrogens with one attached hydrogen (secondary N) is 2. The number of rotatable bonds is 6. The Bertz CT molecular complexity index is 1120. The van der Waals surface area contributed by atoms with E-state index in [4.69, 9.17) is 11.5 Å². The number of primary amides is 1. The summed E-state index contributed by atoms with van der Waals surface area (Å²) in [6.45, 7) is 1.92. The lowest BCUT2D eigenvalue weighted by Crippen LogP contribution is -2.43. The van der Waals surface area contributed by atoms with Gasteiger partial charge in [-0.2, -0.15) is 0 Å². The highest BCUT2D eigenvalue weighted by Gasteiger charge is 2.24. The Labute approximate surface area is 186 Å². The second-order valence-corrected chi connectivity index (χ2v) is 8.13. The smallest absolute Gasteiger partial charge is 0.252 e. The van der Waals surface area contributed by atoms with Crippen LogP contribution >= 0.6 is 0 Å². The number of hydrogen-bond acceptors (Lipinski definition) is 6. The zero-order valence-corrected chi connectivity index (χ0v) is 17.9. The molecule has 2 heterocycles. The minimum atomic E-state index is -0.775. The molecule has 0 aliphatic heterocycles. The largest absolute Gasteiger partial charge is 0.365 e. The highest BCUT2D eigenvalue weighted by Crippen LogP contribution is 2.29. The van der Waals surface area contributed by atoms with E-state index in [1.165, 1.54) is 0 Å². The molecule has 3 aromatic rings. The number of aromatic nitrogens is 2. The monoisotopic (exact) mass is 434 g/mol. The van der Waals surface area contributed by atoms with Crippen LogP contribution in [0.2, 0.25) is 0 Å². The van der Waals surface area contributed by atoms with Gasteiger partial charge >= 0.3 is 0 Å². The van der Waals surface area contributed by atoms with Crippen molar-refractivity contribution >= 4 is 23.2 Å². The van der Waals surface area contributed by atoms with Crippen LogP contribution in [0.4, 0.5) is 21.7 Å². The quantitative estimate of drug-likeness (QED) is 0.463. The van der Waals surface area contributed by atoms with Gasteiger partial charge in [-0.1, -0.05) is 43.2 Å². The van der Waals surface area contributed by atoms with Crippen molar-refractivity contribution in [3.63, 3.8) is 0 Å². The van der Waals surface area contributed by atoms with Crippen molar-refractivity contribution in [2.45, 2.75) is 44.7 Å². The fraction of sp³-hybridized carbons (Fsp3) is 0.292. The van der Waals surface area contributed by atoms with Crippen molar-refractivity contribution in [3.8, 4) is 11.1 Å². The number of pyridine rings is 2. The average molecular weight is 435 g/mol. The van der Waals surface area contributed by atoms with Crippen LogP contribution in [-0.4, -0.2) is 28.0 Å². The number of halogens is 1. The Kier molecular flexibility index (Phi) is 6.32. The molecular formula is C24H27FN6O. The second-order valence-electron chi connectivity index (χ2n) is 8.13. The molecule has 1 unspecified atom stereocenters.